The number of hydrogen-bond acceptors (Lipinski definition) is 2. The molecule has 3 heteroatoms. The van der Waals surface area contributed by atoms with Crippen molar-refractivity contribution in [2.45, 2.75) is 44.1 Å². The van der Waals surface area contributed by atoms with Crippen LogP contribution >= 0.6 is 11.6 Å². The van der Waals surface area contributed by atoms with E-state index in [-0.39, 0.29) is 0 Å². The SMILES string of the molecule is OCCCCCNC1CC(c2ccc(Cl)cc2)C1. The molecule has 1 aliphatic rings. The second kappa shape index (κ2) is 7.13. The van der Waals surface area contributed by atoms with Crippen molar-refractivity contribution in [3.63, 3.8) is 0 Å². The molecule has 0 radical (unpaired) electrons. The summed E-state index contributed by atoms with van der Waals surface area (Å²) in [6.07, 6.45) is 5.70. The molecule has 1 aliphatic carbocycles. The van der Waals surface area contributed by atoms with Gasteiger partial charge in [0.2, 0.25) is 0 Å². The molecule has 1 aromatic carbocycles. The summed E-state index contributed by atoms with van der Waals surface area (Å²) < 4.78 is 0. The van der Waals surface area contributed by atoms with Crippen LogP contribution in [0, 0.1) is 0 Å². The molecular weight excluding hydrogens is 246 g/mol. The number of benzene rings is 1. The van der Waals surface area contributed by atoms with Crippen LogP contribution in [0.5, 0.6) is 0 Å². The lowest BCUT2D eigenvalue weighted by Gasteiger charge is -2.36. The van der Waals surface area contributed by atoms with Crippen molar-refractivity contribution in [1.82, 2.24) is 5.32 Å². The molecule has 1 aromatic rings. The topological polar surface area (TPSA) is 32.3 Å². The Bertz CT molecular complexity index is 346. The molecule has 0 atom stereocenters. The van der Waals surface area contributed by atoms with Gasteiger partial charge in [0.25, 0.3) is 0 Å². The number of rotatable bonds is 7. The molecule has 0 unspecified atom stereocenters. The van der Waals surface area contributed by atoms with Gasteiger partial charge in [0.1, 0.15) is 0 Å². The zero-order chi connectivity index (χ0) is 12.8. The molecule has 0 saturated heterocycles. The normalized spacial score (nSPS) is 22.8. The highest BCUT2D eigenvalue weighted by atomic mass is 35.5. The maximum atomic E-state index is 8.68. The van der Waals surface area contributed by atoms with Crippen LogP contribution in [0.1, 0.15) is 43.6 Å². The Balaban J connectivity index is 1.60. The van der Waals surface area contributed by atoms with Crippen LogP contribution in [0.15, 0.2) is 24.3 Å². The first-order chi connectivity index (χ1) is 8.79. The van der Waals surface area contributed by atoms with Crippen molar-refractivity contribution in [2.24, 2.45) is 0 Å². The van der Waals surface area contributed by atoms with E-state index in [4.69, 9.17) is 16.7 Å². The molecular formula is C15H22ClNO. The number of nitrogens with one attached hydrogen (secondary N) is 1. The Hall–Kier alpha value is -0.570. The van der Waals surface area contributed by atoms with Crippen LogP contribution in [0.2, 0.25) is 5.02 Å². The van der Waals surface area contributed by atoms with Gasteiger partial charge in [0.15, 0.2) is 0 Å². The van der Waals surface area contributed by atoms with E-state index in [0.717, 1.165) is 24.4 Å². The molecule has 0 spiro atoms. The highest BCUT2D eigenvalue weighted by molar-refractivity contribution is 6.30. The Labute approximate surface area is 114 Å². The zero-order valence-electron chi connectivity index (χ0n) is 10.7. The van der Waals surface area contributed by atoms with Crippen LogP contribution in [0.4, 0.5) is 0 Å². The maximum Gasteiger partial charge on any atom is 0.0431 e. The van der Waals surface area contributed by atoms with Gasteiger partial charge in [0, 0.05) is 17.7 Å². The molecule has 100 valence electrons. The van der Waals surface area contributed by atoms with E-state index in [1.165, 1.54) is 24.8 Å². The van der Waals surface area contributed by atoms with Gasteiger partial charge >= 0.3 is 0 Å². The average Bonchev–Trinajstić information content (AvgIpc) is 2.33. The van der Waals surface area contributed by atoms with Crippen molar-refractivity contribution >= 4 is 11.6 Å². The first kappa shape index (κ1) is 13.9. The molecule has 2 nitrogen and oxygen atoms in total. The van der Waals surface area contributed by atoms with Gasteiger partial charge in [0.05, 0.1) is 0 Å². The molecule has 1 fully saturated rings. The van der Waals surface area contributed by atoms with E-state index in [2.05, 4.69) is 17.4 Å². The Morgan fingerprint density at radius 2 is 1.83 bits per heavy atom. The van der Waals surface area contributed by atoms with Crippen LogP contribution in [-0.4, -0.2) is 24.3 Å². The summed E-state index contributed by atoms with van der Waals surface area (Å²) in [5, 5.41) is 13.1. The summed E-state index contributed by atoms with van der Waals surface area (Å²) in [5.41, 5.74) is 1.41. The van der Waals surface area contributed by atoms with Crippen molar-refractivity contribution in [3.8, 4) is 0 Å². The number of unbranched alkanes of at least 4 members (excludes halogenated alkanes) is 2. The predicted molar refractivity (Wildman–Crippen MR) is 76.2 cm³/mol. The number of aliphatic hydroxyl groups is 1. The highest BCUT2D eigenvalue weighted by Gasteiger charge is 2.29. The van der Waals surface area contributed by atoms with Crippen molar-refractivity contribution in [2.75, 3.05) is 13.2 Å². The van der Waals surface area contributed by atoms with Gasteiger partial charge in [-0.25, -0.2) is 0 Å². The molecule has 0 aliphatic heterocycles. The molecule has 1 saturated carbocycles. The summed E-state index contributed by atoms with van der Waals surface area (Å²) in [5.74, 6) is 0.706. The van der Waals surface area contributed by atoms with Crippen molar-refractivity contribution < 1.29 is 5.11 Å². The fourth-order valence-corrected chi connectivity index (χ4v) is 2.64. The van der Waals surface area contributed by atoms with Gasteiger partial charge in [-0.2, -0.15) is 0 Å². The van der Waals surface area contributed by atoms with Crippen LogP contribution in [0.25, 0.3) is 0 Å². The largest absolute Gasteiger partial charge is 0.396 e. The fraction of sp³-hybridized carbons (Fsp3) is 0.600. The minimum absolute atomic E-state index is 0.321. The quantitative estimate of drug-likeness (QED) is 0.743. The third-order valence-corrected chi connectivity index (χ3v) is 4.00. The first-order valence-corrected chi connectivity index (χ1v) is 7.27. The van der Waals surface area contributed by atoms with E-state index in [1.807, 2.05) is 12.1 Å². The summed E-state index contributed by atoms with van der Waals surface area (Å²) in [6.45, 7) is 1.40. The van der Waals surface area contributed by atoms with Gasteiger partial charge < -0.3 is 10.4 Å². The predicted octanol–water partition coefficient (Wildman–Crippen LogP) is 3.34. The van der Waals surface area contributed by atoms with Gasteiger partial charge in [-0.1, -0.05) is 23.7 Å². The van der Waals surface area contributed by atoms with Crippen LogP contribution < -0.4 is 5.32 Å². The summed E-state index contributed by atoms with van der Waals surface area (Å²) in [4.78, 5) is 0. The molecule has 0 amide bonds. The Kier molecular flexibility index (Phi) is 5.48. The summed E-state index contributed by atoms with van der Waals surface area (Å²) in [6, 6.07) is 8.92. The molecule has 18 heavy (non-hydrogen) atoms. The maximum absolute atomic E-state index is 8.68. The average molecular weight is 268 g/mol. The van der Waals surface area contributed by atoms with E-state index in [0.29, 0.717) is 18.6 Å². The lowest BCUT2D eigenvalue weighted by molar-refractivity contribution is 0.273. The molecule has 0 heterocycles. The van der Waals surface area contributed by atoms with Crippen molar-refractivity contribution in [1.29, 1.82) is 0 Å². The van der Waals surface area contributed by atoms with Gasteiger partial charge in [-0.15, -0.1) is 0 Å². The number of halogens is 1. The highest BCUT2D eigenvalue weighted by Crippen LogP contribution is 2.37. The van der Waals surface area contributed by atoms with E-state index < -0.39 is 0 Å². The van der Waals surface area contributed by atoms with Crippen molar-refractivity contribution in [3.05, 3.63) is 34.9 Å². The first-order valence-electron chi connectivity index (χ1n) is 6.89. The fourth-order valence-electron chi connectivity index (χ4n) is 2.51. The van der Waals surface area contributed by atoms with Gasteiger partial charge in [-0.3, -0.25) is 0 Å². The van der Waals surface area contributed by atoms with Crippen LogP contribution in [0.3, 0.4) is 0 Å². The third kappa shape index (κ3) is 3.98. The van der Waals surface area contributed by atoms with Gasteiger partial charge in [-0.05, 0) is 62.3 Å². The van der Waals surface area contributed by atoms with Crippen LogP contribution in [-0.2, 0) is 0 Å². The molecule has 0 aromatic heterocycles. The second-order valence-electron chi connectivity index (χ2n) is 5.16. The molecule has 2 rings (SSSR count). The Morgan fingerprint density at radius 3 is 2.50 bits per heavy atom. The Morgan fingerprint density at radius 1 is 1.11 bits per heavy atom. The second-order valence-corrected chi connectivity index (χ2v) is 5.59. The molecule has 2 N–H and O–H groups in total. The molecule has 0 bridgehead atoms. The number of aliphatic hydroxyl groups excluding tert-OH is 1. The lowest BCUT2D eigenvalue weighted by Crippen LogP contribution is -2.40. The third-order valence-electron chi connectivity index (χ3n) is 3.75. The van der Waals surface area contributed by atoms with E-state index in [1.54, 1.807) is 0 Å². The zero-order valence-corrected chi connectivity index (χ0v) is 11.5. The summed E-state index contributed by atoms with van der Waals surface area (Å²) >= 11 is 5.89. The number of hydrogen-bond donors (Lipinski definition) is 2. The standard InChI is InChI=1S/C15H22ClNO/c16-14-6-4-12(5-7-14)13-10-15(11-13)17-8-2-1-3-9-18/h4-7,13,15,17-18H,1-3,8-11H2. The minimum atomic E-state index is 0.321. The van der Waals surface area contributed by atoms with E-state index >= 15 is 0 Å². The van der Waals surface area contributed by atoms with E-state index in [9.17, 15) is 0 Å². The summed E-state index contributed by atoms with van der Waals surface area (Å²) in [7, 11) is 0. The minimum Gasteiger partial charge on any atom is -0.396 e. The lowest BCUT2D eigenvalue weighted by atomic mass is 9.76. The monoisotopic (exact) mass is 267 g/mol. The smallest absolute Gasteiger partial charge is 0.0431 e.